The standard InChI is InChI=1S/C15H24/c1-10-7-12-8-14(3,4)9-15(12)11(2)5-6-13(10)15/h7,11-13H,5-6,8-9H2,1-4H3/t11-,12-,13+,15-/m1/s1. The first-order valence-electron chi connectivity index (χ1n) is 6.64. The van der Waals surface area contributed by atoms with Crippen LogP contribution < -0.4 is 0 Å². The minimum absolute atomic E-state index is 0.596. The molecule has 0 aliphatic heterocycles. The number of hydrogen-bond donors (Lipinski definition) is 0. The summed E-state index contributed by atoms with van der Waals surface area (Å²) >= 11 is 0. The summed E-state index contributed by atoms with van der Waals surface area (Å²) in [4.78, 5) is 0. The van der Waals surface area contributed by atoms with Gasteiger partial charge in [-0.3, -0.25) is 0 Å². The van der Waals surface area contributed by atoms with Gasteiger partial charge in [0, 0.05) is 0 Å². The van der Waals surface area contributed by atoms with Gasteiger partial charge in [-0.25, -0.2) is 0 Å². The van der Waals surface area contributed by atoms with Gasteiger partial charge in [-0.1, -0.05) is 32.4 Å². The SMILES string of the molecule is CC1=C[C@@H]2CC(C)(C)C[C@@]23[C@H](C)CC[C@@H]13. The molecule has 0 aromatic rings. The third kappa shape index (κ3) is 1.09. The van der Waals surface area contributed by atoms with Gasteiger partial charge in [0.2, 0.25) is 0 Å². The maximum absolute atomic E-state index is 2.63. The average molecular weight is 204 g/mol. The van der Waals surface area contributed by atoms with Crippen molar-refractivity contribution in [2.24, 2.45) is 28.6 Å². The average Bonchev–Trinajstić information content (AvgIpc) is 2.61. The third-order valence-electron chi connectivity index (χ3n) is 5.72. The fraction of sp³-hybridized carbons (Fsp3) is 0.867. The van der Waals surface area contributed by atoms with Gasteiger partial charge < -0.3 is 0 Å². The van der Waals surface area contributed by atoms with E-state index in [1.807, 2.05) is 0 Å². The van der Waals surface area contributed by atoms with Crippen molar-refractivity contribution < 1.29 is 0 Å². The van der Waals surface area contributed by atoms with Crippen molar-refractivity contribution in [1.82, 2.24) is 0 Å². The largest absolute Gasteiger partial charge is 0.0816 e. The fourth-order valence-electron chi connectivity index (χ4n) is 5.34. The molecule has 3 aliphatic rings. The monoisotopic (exact) mass is 204 g/mol. The molecule has 3 rings (SSSR count). The lowest BCUT2D eigenvalue weighted by atomic mass is 9.67. The van der Waals surface area contributed by atoms with E-state index in [-0.39, 0.29) is 0 Å². The summed E-state index contributed by atoms with van der Waals surface area (Å²) in [5, 5.41) is 0. The highest BCUT2D eigenvalue weighted by Crippen LogP contribution is 2.70. The molecule has 0 aromatic heterocycles. The van der Waals surface area contributed by atoms with Gasteiger partial charge in [-0.2, -0.15) is 0 Å². The van der Waals surface area contributed by atoms with E-state index >= 15 is 0 Å². The van der Waals surface area contributed by atoms with E-state index in [4.69, 9.17) is 0 Å². The van der Waals surface area contributed by atoms with E-state index in [1.54, 1.807) is 5.57 Å². The molecule has 0 heterocycles. The number of rotatable bonds is 0. The van der Waals surface area contributed by atoms with Crippen molar-refractivity contribution >= 4 is 0 Å². The second-order valence-corrected chi connectivity index (χ2v) is 7.21. The lowest BCUT2D eigenvalue weighted by Gasteiger charge is -2.36. The second kappa shape index (κ2) is 2.70. The predicted molar refractivity (Wildman–Crippen MR) is 64.6 cm³/mol. The molecule has 0 radical (unpaired) electrons. The maximum Gasteiger partial charge on any atom is -0.0138 e. The highest BCUT2D eigenvalue weighted by molar-refractivity contribution is 5.28. The molecular formula is C15H24. The number of hydrogen-bond acceptors (Lipinski definition) is 0. The first-order chi connectivity index (χ1) is 6.96. The van der Waals surface area contributed by atoms with Crippen molar-refractivity contribution in [1.29, 1.82) is 0 Å². The molecule has 2 saturated carbocycles. The predicted octanol–water partition coefficient (Wildman–Crippen LogP) is 4.42. The molecule has 1 spiro atoms. The summed E-state index contributed by atoms with van der Waals surface area (Å²) in [5.74, 6) is 2.82. The van der Waals surface area contributed by atoms with Crippen molar-refractivity contribution in [3.8, 4) is 0 Å². The highest BCUT2D eigenvalue weighted by atomic mass is 14.7. The molecule has 4 atom stereocenters. The van der Waals surface area contributed by atoms with E-state index in [9.17, 15) is 0 Å². The van der Waals surface area contributed by atoms with E-state index in [2.05, 4.69) is 33.8 Å². The zero-order chi connectivity index (χ0) is 10.8. The Morgan fingerprint density at radius 3 is 2.73 bits per heavy atom. The third-order valence-corrected chi connectivity index (χ3v) is 5.72. The van der Waals surface area contributed by atoms with Crippen molar-refractivity contribution in [2.75, 3.05) is 0 Å². The molecule has 84 valence electrons. The van der Waals surface area contributed by atoms with Crippen LogP contribution in [0.2, 0.25) is 0 Å². The van der Waals surface area contributed by atoms with Gasteiger partial charge in [0.25, 0.3) is 0 Å². The van der Waals surface area contributed by atoms with Crippen LogP contribution in [0.5, 0.6) is 0 Å². The topological polar surface area (TPSA) is 0 Å². The Balaban J connectivity index is 2.05. The lowest BCUT2D eigenvalue weighted by molar-refractivity contribution is 0.135. The minimum atomic E-state index is 0.596. The molecular weight excluding hydrogens is 180 g/mol. The van der Waals surface area contributed by atoms with Gasteiger partial charge in [-0.15, -0.1) is 0 Å². The van der Waals surface area contributed by atoms with Crippen molar-refractivity contribution in [2.45, 2.75) is 53.4 Å². The van der Waals surface area contributed by atoms with Crippen LogP contribution in [0.25, 0.3) is 0 Å². The summed E-state index contributed by atoms with van der Waals surface area (Å²) in [6.07, 6.45) is 8.49. The first kappa shape index (κ1) is 9.93. The molecule has 0 unspecified atom stereocenters. The molecule has 15 heavy (non-hydrogen) atoms. The maximum atomic E-state index is 2.63. The van der Waals surface area contributed by atoms with Crippen LogP contribution in [0.1, 0.15) is 53.4 Å². The normalized spacial score (nSPS) is 51.5. The van der Waals surface area contributed by atoms with Gasteiger partial charge in [-0.05, 0) is 61.2 Å². The Labute approximate surface area is 94.1 Å². The summed E-state index contributed by atoms with van der Waals surface area (Å²) < 4.78 is 0. The Kier molecular flexibility index (Phi) is 1.79. The van der Waals surface area contributed by atoms with Crippen LogP contribution in [0.3, 0.4) is 0 Å². The summed E-state index contributed by atoms with van der Waals surface area (Å²) in [6.45, 7) is 9.85. The molecule has 0 N–H and O–H groups in total. The van der Waals surface area contributed by atoms with Gasteiger partial charge in [0.1, 0.15) is 0 Å². The highest BCUT2D eigenvalue weighted by Gasteiger charge is 2.61. The molecule has 0 aromatic carbocycles. The molecule has 3 aliphatic carbocycles. The molecule has 0 saturated heterocycles. The van der Waals surface area contributed by atoms with Crippen LogP contribution in [-0.2, 0) is 0 Å². The zero-order valence-corrected chi connectivity index (χ0v) is 10.6. The van der Waals surface area contributed by atoms with E-state index in [1.165, 1.54) is 25.7 Å². The summed E-state index contributed by atoms with van der Waals surface area (Å²) in [7, 11) is 0. The quantitative estimate of drug-likeness (QED) is 0.513. The van der Waals surface area contributed by atoms with Crippen LogP contribution in [-0.4, -0.2) is 0 Å². The Morgan fingerprint density at radius 1 is 1.27 bits per heavy atom. The molecule has 2 fully saturated rings. The van der Waals surface area contributed by atoms with Gasteiger partial charge in [0.15, 0.2) is 0 Å². The van der Waals surface area contributed by atoms with Crippen molar-refractivity contribution in [3.63, 3.8) is 0 Å². The Bertz CT molecular complexity index is 323. The first-order valence-corrected chi connectivity index (χ1v) is 6.64. The lowest BCUT2D eigenvalue weighted by Crippen LogP contribution is -2.31. The smallest absolute Gasteiger partial charge is 0.0138 e. The van der Waals surface area contributed by atoms with Crippen LogP contribution in [0.4, 0.5) is 0 Å². The van der Waals surface area contributed by atoms with Crippen LogP contribution in [0.15, 0.2) is 11.6 Å². The summed E-state index contributed by atoms with van der Waals surface area (Å²) in [6, 6.07) is 0. The minimum Gasteiger partial charge on any atom is -0.0816 e. The molecule has 0 nitrogen and oxygen atoms in total. The Hall–Kier alpha value is -0.260. The Morgan fingerprint density at radius 2 is 2.00 bits per heavy atom. The van der Waals surface area contributed by atoms with E-state index < -0.39 is 0 Å². The molecule has 0 amide bonds. The fourth-order valence-corrected chi connectivity index (χ4v) is 5.34. The van der Waals surface area contributed by atoms with Crippen LogP contribution >= 0.6 is 0 Å². The van der Waals surface area contributed by atoms with Gasteiger partial charge >= 0.3 is 0 Å². The summed E-state index contributed by atoms with van der Waals surface area (Å²) in [5.41, 5.74) is 3.01. The molecule has 0 heteroatoms. The molecule has 0 bridgehead atoms. The second-order valence-electron chi connectivity index (χ2n) is 7.21. The zero-order valence-electron chi connectivity index (χ0n) is 10.6. The van der Waals surface area contributed by atoms with Crippen LogP contribution in [0, 0.1) is 28.6 Å². The van der Waals surface area contributed by atoms with Gasteiger partial charge in [0.05, 0.1) is 0 Å². The number of allylic oxidation sites excluding steroid dienone is 2. The van der Waals surface area contributed by atoms with E-state index in [0.29, 0.717) is 10.8 Å². The van der Waals surface area contributed by atoms with Crippen molar-refractivity contribution in [3.05, 3.63) is 11.6 Å². The van der Waals surface area contributed by atoms with E-state index in [0.717, 1.165) is 17.8 Å².